The van der Waals surface area contributed by atoms with E-state index in [2.05, 4.69) is 4.72 Å². The number of aromatic carboxylic acids is 1. The first kappa shape index (κ1) is 15.1. The smallest absolute Gasteiger partial charge is 0.340 e. The Kier molecular flexibility index (Phi) is 4.19. The molecule has 0 aromatic carbocycles. The fourth-order valence-electron chi connectivity index (χ4n) is 2.75. The highest BCUT2D eigenvalue weighted by atomic mass is 32.2. The SMILES string of the molecule is Cc1oc(C)c(S(=O)(=O)NCC2CCCC2)c1C(=O)O. The number of sulfonamides is 1. The second-order valence-electron chi connectivity index (χ2n) is 5.23. The number of hydrogen-bond donors (Lipinski definition) is 2. The Morgan fingerprint density at radius 3 is 2.45 bits per heavy atom. The molecule has 0 amide bonds. The van der Waals surface area contributed by atoms with E-state index < -0.39 is 16.0 Å². The van der Waals surface area contributed by atoms with Crippen molar-refractivity contribution in [3.05, 3.63) is 17.1 Å². The van der Waals surface area contributed by atoms with E-state index in [0.29, 0.717) is 12.5 Å². The van der Waals surface area contributed by atoms with Gasteiger partial charge in [0.05, 0.1) is 0 Å². The average Bonchev–Trinajstić information content (AvgIpc) is 2.94. The predicted octanol–water partition coefficient (Wildman–Crippen LogP) is 2.06. The number of carboxylic acids is 1. The summed E-state index contributed by atoms with van der Waals surface area (Å²) in [6.45, 7) is 3.26. The van der Waals surface area contributed by atoms with E-state index in [-0.39, 0.29) is 22.0 Å². The van der Waals surface area contributed by atoms with Crippen molar-refractivity contribution in [3.8, 4) is 0 Å². The van der Waals surface area contributed by atoms with Gasteiger partial charge in [0.15, 0.2) is 0 Å². The Bertz CT molecular complexity index is 611. The van der Waals surface area contributed by atoms with E-state index >= 15 is 0 Å². The van der Waals surface area contributed by atoms with Crippen LogP contribution in [-0.4, -0.2) is 26.0 Å². The summed E-state index contributed by atoms with van der Waals surface area (Å²) >= 11 is 0. The topological polar surface area (TPSA) is 96.6 Å². The molecule has 7 heteroatoms. The molecule has 2 rings (SSSR count). The lowest BCUT2D eigenvalue weighted by Gasteiger charge is -2.11. The van der Waals surface area contributed by atoms with Crippen LogP contribution in [0.1, 0.15) is 47.6 Å². The number of carboxylic acid groups (broad SMARTS) is 1. The van der Waals surface area contributed by atoms with Gasteiger partial charge >= 0.3 is 5.97 Å². The number of carbonyl (C=O) groups is 1. The van der Waals surface area contributed by atoms with Crippen LogP contribution in [0.2, 0.25) is 0 Å². The van der Waals surface area contributed by atoms with Crippen molar-refractivity contribution in [1.82, 2.24) is 4.72 Å². The maximum Gasteiger partial charge on any atom is 0.340 e. The average molecular weight is 301 g/mol. The molecular formula is C13H19NO5S. The molecule has 20 heavy (non-hydrogen) atoms. The number of nitrogens with one attached hydrogen (secondary N) is 1. The molecular weight excluding hydrogens is 282 g/mol. The van der Waals surface area contributed by atoms with Crippen molar-refractivity contribution < 1.29 is 22.7 Å². The minimum atomic E-state index is -3.86. The van der Waals surface area contributed by atoms with Crippen LogP contribution in [0.15, 0.2) is 9.31 Å². The van der Waals surface area contributed by atoms with Crippen LogP contribution in [0.25, 0.3) is 0 Å². The van der Waals surface area contributed by atoms with Gasteiger partial charge in [-0.15, -0.1) is 0 Å². The van der Waals surface area contributed by atoms with Crippen molar-refractivity contribution in [1.29, 1.82) is 0 Å². The largest absolute Gasteiger partial charge is 0.478 e. The van der Waals surface area contributed by atoms with Gasteiger partial charge in [-0.2, -0.15) is 0 Å². The lowest BCUT2D eigenvalue weighted by atomic mass is 10.1. The van der Waals surface area contributed by atoms with Gasteiger partial charge in [-0.1, -0.05) is 12.8 Å². The molecule has 2 N–H and O–H groups in total. The number of aryl methyl sites for hydroxylation is 2. The van der Waals surface area contributed by atoms with Crippen molar-refractivity contribution in [2.45, 2.75) is 44.4 Å². The van der Waals surface area contributed by atoms with E-state index in [1.165, 1.54) is 13.8 Å². The second-order valence-corrected chi connectivity index (χ2v) is 6.93. The third-order valence-electron chi connectivity index (χ3n) is 3.72. The highest BCUT2D eigenvalue weighted by Gasteiger charge is 2.31. The first-order valence-electron chi connectivity index (χ1n) is 6.66. The summed E-state index contributed by atoms with van der Waals surface area (Å²) in [5.41, 5.74) is -0.276. The van der Waals surface area contributed by atoms with E-state index in [9.17, 15) is 13.2 Å². The molecule has 1 saturated carbocycles. The van der Waals surface area contributed by atoms with Crippen LogP contribution in [0.3, 0.4) is 0 Å². The summed E-state index contributed by atoms with van der Waals surface area (Å²) in [7, 11) is -3.86. The Hall–Kier alpha value is -1.34. The van der Waals surface area contributed by atoms with E-state index in [4.69, 9.17) is 9.52 Å². The Morgan fingerprint density at radius 2 is 1.90 bits per heavy atom. The quantitative estimate of drug-likeness (QED) is 0.867. The van der Waals surface area contributed by atoms with Gasteiger partial charge in [-0.25, -0.2) is 17.9 Å². The van der Waals surface area contributed by atoms with Gasteiger partial charge in [0.2, 0.25) is 10.0 Å². The summed E-state index contributed by atoms with van der Waals surface area (Å²) in [6, 6.07) is 0. The zero-order valence-electron chi connectivity index (χ0n) is 11.6. The van der Waals surface area contributed by atoms with Crippen LogP contribution in [0.5, 0.6) is 0 Å². The molecule has 0 saturated heterocycles. The summed E-state index contributed by atoms with van der Waals surface area (Å²) in [5, 5.41) is 9.15. The number of rotatable bonds is 5. The first-order chi connectivity index (χ1) is 9.33. The molecule has 0 bridgehead atoms. The standard InChI is InChI=1S/C13H19NO5S/c1-8-11(13(15)16)12(9(2)19-8)20(17,18)14-7-10-5-3-4-6-10/h10,14H,3-7H2,1-2H3,(H,15,16). The Morgan fingerprint density at radius 1 is 1.30 bits per heavy atom. The predicted molar refractivity (Wildman–Crippen MR) is 72.3 cm³/mol. The number of hydrogen-bond acceptors (Lipinski definition) is 4. The third kappa shape index (κ3) is 2.88. The van der Waals surface area contributed by atoms with Gasteiger partial charge < -0.3 is 9.52 Å². The highest BCUT2D eigenvalue weighted by Crippen LogP contribution is 2.28. The van der Waals surface area contributed by atoms with Crippen molar-refractivity contribution in [2.75, 3.05) is 6.54 Å². The molecule has 0 aliphatic heterocycles. The summed E-state index contributed by atoms with van der Waals surface area (Å²) in [4.78, 5) is 11.0. The molecule has 1 aliphatic rings. The summed E-state index contributed by atoms with van der Waals surface area (Å²) < 4.78 is 32.3. The van der Waals surface area contributed by atoms with E-state index in [1.807, 2.05) is 0 Å². The molecule has 1 heterocycles. The van der Waals surface area contributed by atoms with Crippen LogP contribution >= 0.6 is 0 Å². The maximum absolute atomic E-state index is 12.3. The first-order valence-corrected chi connectivity index (χ1v) is 8.14. The van der Waals surface area contributed by atoms with Crippen LogP contribution in [0.4, 0.5) is 0 Å². The third-order valence-corrected chi connectivity index (χ3v) is 5.30. The van der Waals surface area contributed by atoms with E-state index in [1.54, 1.807) is 0 Å². The Labute approximate surface area is 118 Å². The molecule has 0 spiro atoms. The van der Waals surface area contributed by atoms with Gasteiger partial charge in [-0.05, 0) is 32.6 Å². The van der Waals surface area contributed by atoms with Crippen LogP contribution in [-0.2, 0) is 10.0 Å². The normalized spacial score (nSPS) is 16.7. The van der Waals surface area contributed by atoms with Gasteiger partial charge in [-0.3, -0.25) is 0 Å². The lowest BCUT2D eigenvalue weighted by Crippen LogP contribution is -2.29. The van der Waals surface area contributed by atoms with Crippen molar-refractivity contribution in [2.24, 2.45) is 5.92 Å². The second kappa shape index (κ2) is 5.57. The molecule has 0 radical (unpaired) electrons. The monoisotopic (exact) mass is 301 g/mol. The van der Waals surface area contributed by atoms with Crippen molar-refractivity contribution >= 4 is 16.0 Å². The minimum Gasteiger partial charge on any atom is -0.478 e. The number of furan rings is 1. The molecule has 6 nitrogen and oxygen atoms in total. The zero-order valence-corrected chi connectivity index (χ0v) is 12.4. The van der Waals surface area contributed by atoms with Crippen LogP contribution < -0.4 is 4.72 Å². The maximum atomic E-state index is 12.3. The highest BCUT2D eigenvalue weighted by molar-refractivity contribution is 7.89. The van der Waals surface area contributed by atoms with Gasteiger partial charge in [0.25, 0.3) is 0 Å². The van der Waals surface area contributed by atoms with Gasteiger partial charge in [0.1, 0.15) is 22.0 Å². The van der Waals surface area contributed by atoms with Crippen LogP contribution in [0, 0.1) is 19.8 Å². The summed E-state index contributed by atoms with van der Waals surface area (Å²) in [5.74, 6) is -0.734. The molecule has 1 aromatic heterocycles. The molecule has 1 fully saturated rings. The van der Waals surface area contributed by atoms with E-state index in [0.717, 1.165) is 25.7 Å². The Balaban J connectivity index is 2.26. The van der Waals surface area contributed by atoms with Gasteiger partial charge in [0, 0.05) is 6.54 Å². The minimum absolute atomic E-state index is 0.108. The van der Waals surface area contributed by atoms with Crippen molar-refractivity contribution in [3.63, 3.8) is 0 Å². The molecule has 0 unspecified atom stereocenters. The summed E-state index contributed by atoms with van der Waals surface area (Å²) in [6.07, 6.45) is 4.27. The molecule has 1 aliphatic carbocycles. The fraction of sp³-hybridized carbons (Fsp3) is 0.615. The molecule has 0 atom stereocenters. The molecule has 112 valence electrons. The zero-order chi connectivity index (χ0) is 14.9. The fourth-order valence-corrected chi connectivity index (χ4v) is 4.27. The molecule has 1 aromatic rings. The lowest BCUT2D eigenvalue weighted by molar-refractivity contribution is 0.0691.